The van der Waals surface area contributed by atoms with Gasteiger partial charge in [-0.2, -0.15) is 0 Å². The summed E-state index contributed by atoms with van der Waals surface area (Å²) in [6, 6.07) is 12.4. The summed E-state index contributed by atoms with van der Waals surface area (Å²) in [4.78, 5) is 17.3. The van der Waals surface area contributed by atoms with Crippen LogP contribution in [0.4, 0.5) is 5.69 Å². The standard InChI is InChI=1S/C25H22BrN3O4S/c1-12-7-13(2)22-19(8-12)28-24(33-22)17-6-5-16(11-20(17)30)27-25(34)29-23(31)18-10-15(26)9-14(3)21(18)32-4/h5-11,30H,1-4H3,(H2,27,29,31,34). The summed E-state index contributed by atoms with van der Waals surface area (Å²) in [5.74, 6) is 0.330. The number of carbonyl (C=O) groups is 1. The van der Waals surface area contributed by atoms with Crippen molar-refractivity contribution in [2.75, 3.05) is 12.4 Å². The fraction of sp³-hybridized carbons (Fsp3) is 0.160. The minimum atomic E-state index is -0.420. The lowest BCUT2D eigenvalue weighted by Crippen LogP contribution is -2.34. The molecule has 4 rings (SSSR count). The fourth-order valence-corrected chi connectivity index (χ4v) is 4.57. The number of aromatic nitrogens is 1. The molecule has 34 heavy (non-hydrogen) atoms. The zero-order chi connectivity index (χ0) is 24.6. The van der Waals surface area contributed by atoms with E-state index in [0.29, 0.717) is 34.0 Å². The van der Waals surface area contributed by atoms with Gasteiger partial charge in [-0.15, -0.1) is 0 Å². The first-order chi connectivity index (χ1) is 16.2. The molecule has 0 fully saturated rings. The highest BCUT2D eigenvalue weighted by molar-refractivity contribution is 9.10. The SMILES string of the molecule is COc1c(C)cc(Br)cc1C(=O)NC(=S)Nc1ccc(-c2nc3cc(C)cc(C)c3o2)c(O)c1. The molecule has 4 aromatic rings. The number of methoxy groups -OCH3 is 1. The zero-order valence-corrected chi connectivity index (χ0v) is 21.3. The maximum absolute atomic E-state index is 12.8. The Hall–Kier alpha value is -3.43. The van der Waals surface area contributed by atoms with Crippen LogP contribution in [0.5, 0.6) is 11.5 Å². The van der Waals surface area contributed by atoms with E-state index in [-0.39, 0.29) is 10.9 Å². The van der Waals surface area contributed by atoms with Crippen molar-refractivity contribution in [2.45, 2.75) is 20.8 Å². The molecular formula is C25H22BrN3O4S. The van der Waals surface area contributed by atoms with Crippen molar-refractivity contribution in [3.05, 3.63) is 69.2 Å². The Bertz CT molecular complexity index is 1450. The lowest BCUT2D eigenvalue weighted by atomic mass is 10.1. The number of amides is 1. The van der Waals surface area contributed by atoms with E-state index in [1.165, 1.54) is 13.2 Å². The first-order valence-corrected chi connectivity index (χ1v) is 11.5. The van der Waals surface area contributed by atoms with Crippen molar-refractivity contribution in [1.82, 2.24) is 10.3 Å². The number of carbonyl (C=O) groups excluding carboxylic acids is 1. The number of nitrogens with zero attached hydrogens (tertiary/aromatic N) is 1. The second kappa shape index (κ2) is 9.44. The highest BCUT2D eigenvalue weighted by Crippen LogP contribution is 2.34. The van der Waals surface area contributed by atoms with Gasteiger partial charge in [0.15, 0.2) is 10.7 Å². The molecular weight excluding hydrogens is 518 g/mol. The van der Waals surface area contributed by atoms with Crippen molar-refractivity contribution < 1.29 is 19.1 Å². The van der Waals surface area contributed by atoms with E-state index in [0.717, 1.165) is 26.7 Å². The number of anilines is 1. The Morgan fingerprint density at radius 3 is 2.59 bits per heavy atom. The number of phenols is 1. The van der Waals surface area contributed by atoms with Gasteiger partial charge in [0.2, 0.25) is 5.89 Å². The molecule has 0 aliphatic heterocycles. The number of oxazole rings is 1. The minimum absolute atomic E-state index is 0.0376. The van der Waals surface area contributed by atoms with E-state index < -0.39 is 5.91 Å². The molecule has 0 saturated carbocycles. The van der Waals surface area contributed by atoms with Crippen LogP contribution in [-0.2, 0) is 0 Å². The largest absolute Gasteiger partial charge is 0.507 e. The van der Waals surface area contributed by atoms with Crippen molar-refractivity contribution in [3.8, 4) is 23.0 Å². The van der Waals surface area contributed by atoms with Crippen LogP contribution in [0.2, 0.25) is 0 Å². The van der Waals surface area contributed by atoms with Crippen LogP contribution < -0.4 is 15.4 Å². The molecule has 0 unspecified atom stereocenters. The zero-order valence-electron chi connectivity index (χ0n) is 18.9. The van der Waals surface area contributed by atoms with Gasteiger partial charge in [0.1, 0.15) is 17.0 Å². The van der Waals surface area contributed by atoms with Gasteiger partial charge in [-0.05, 0) is 80.0 Å². The molecule has 0 radical (unpaired) electrons. The molecule has 3 N–H and O–H groups in total. The normalized spacial score (nSPS) is 10.9. The molecule has 0 aliphatic rings. The van der Waals surface area contributed by atoms with Crippen LogP contribution in [0.3, 0.4) is 0 Å². The maximum Gasteiger partial charge on any atom is 0.261 e. The van der Waals surface area contributed by atoms with E-state index >= 15 is 0 Å². The van der Waals surface area contributed by atoms with Crippen molar-refractivity contribution in [1.29, 1.82) is 0 Å². The van der Waals surface area contributed by atoms with Crippen LogP contribution >= 0.6 is 28.1 Å². The topological polar surface area (TPSA) is 96.6 Å². The van der Waals surface area contributed by atoms with E-state index in [9.17, 15) is 9.90 Å². The summed E-state index contributed by atoms with van der Waals surface area (Å²) in [5.41, 5.74) is 5.57. The summed E-state index contributed by atoms with van der Waals surface area (Å²) in [5, 5.41) is 16.2. The highest BCUT2D eigenvalue weighted by Gasteiger charge is 2.18. The third-order valence-corrected chi connectivity index (χ3v) is 5.88. The summed E-state index contributed by atoms with van der Waals surface area (Å²) < 4.78 is 12.0. The number of nitrogens with one attached hydrogen (secondary N) is 2. The number of ether oxygens (including phenoxy) is 1. The Morgan fingerprint density at radius 1 is 1.12 bits per heavy atom. The quantitative estimate of drug-likeness (QED) is 0.272. The van der Waals surface area contributed by atoms with Crippen molar-refractivity contribution in [3.63, 3.8) is 0 Å². The van der Waals surface area contributed by atoms with Gasteiger partial charge in [-0.1, -0.05) is 22.0 Å². The second-order valence-corrected chi connectivity index (χ2v) is 9.22. The van der Waals surface area contributed by atoms with Crippen LogP contribution in [0.1, 0.15) is 27.0 Å². The summed E-state index contributed by atoms with van der Waals surface area (Å²) in [7, 11) is 1.51. The molecule has 174 valence electrons. The minimum Gasteiger partial charge on any atom is -0.507 e. The molecule has 0 aliphatic carbocycles. The predicted molar refractivity (Wildman–Crippen MR) is 140 cm³/mol. The molecule has 0 saturated heterocycles. The summed E-state index contributed by atoms with van der Waals surface area (Å²) in [6.07, 6.45) is 0. The fourth-order valence-electron chi connectivity index (χ4n) is 3.78. The first-order valence-electron chi connectivity index (χ1n) is 10.3. The number of rotatable bonds is 4. The lowest BCUT2D eigenvalue weighted by molar-refractivity contribution is 0.0974. The number of hydrogen-bond donors (Lipinski definition) is 3. The van der Waals surface area contributed by atoms with Gasteiger partial charge in [0.05, 0.1) is 18.2 Å². The third kappa shape index (κ3) is 4.76. The molecule has 1 heterocycles. The molecule has 1 amide bonds. The summed E-state index contributed by atoms with van der Waals surface area (Å²) >= 11 is 8.68. The monoisotopic (exact) mass is 539 g/mol. The van der Waals surface area contributed by atoms with Gasteiger partial charge in [0, 0.05) is 16.2 Å². The molecule has 0 spiro atoms. The van der Waals surface area contributed by atoms with E-state index in [1.54, 1.807) is 18.2 Å². The summed E-state index contributed by atoms with van der Waals surface area (Å²) in [6.45, 7) is 5.80. The van der Waals surface area contributed by atoms with Gasteiger partial charge in [-0.3, -0.25) is 10.1 Å². The van der Waals surface area contributed by atoms with Crippen LogP contribution in [0, 0.1) is 20.8 Å². The number of benzene rings is 3. The average Bonchev–Trinajstić information content (AvgIpc) is 3.17. The molecule has 9 heteroatoms. The number of hydrogen-bond acceptors (Lipinski definition) is 6. The van der Waals surface area contributed by atoms with E-state index in [1.807, 2.05) is 39.0 Å². The third-order valence-electron chi connectivity index (χ3n) is 5.22. The van der Waals surface area contributed by atoms with E-state index in [4.69, 9.17) is 21.4 Å². The first kappa shape index (κ1) is 23.7. The molecule has 0 bridgehead atoms. The maximum atomic E-state index is 12.8. The number of halogens is 1. The lowest BCUT2D eigenvalue weighted by Gasteiger charge is -2.14. The highest BCUT2D eigenvalue weighted by atomic mass is 79.9. The van der Waals surface area contributed by atoms with Gasteiger partial charge in [-0.25, -0.2) is 4.98 Å². The van der Waals surface area contributed by atoms with E-state index in [2.05, 4.69) is 31.5 Å². The molecule has 3 aromatic carbocycles. The van der Waals surface area contributed by atoms with Gasteiger partial charge < -0.3 is 19.6 Å². The number of aromatic hydroxyl groups is 1. The molecule has 7 nitrogen and oxygen atoms in total. The van der Waals surface area contributed by atoms with Crippen LogP contribution in [0.15, 0.2) is 51.4 Å². The average molecular weight is 540 g/mol. The molecule has 0 atom stereocenters. The van der Waals surface area contributed by atoms with Crippen molar-refractivity contribution in [2.24, 2.45) is 0 Å². The molecule has 1 aromatic heterocycles. The number of fused-ring (bicyclic) bond motifs is 1. The van der Waals surface area contributed by atoms with Crippen LogP contribution in [0.25, 0.3) is 22.6 Å². The second-order valence-electron chi connectivity index (χ2n) is 7.89. The Morgan fingerprint density at radius 2 is 1.88 bits per heavy atom. The number of phenolic OH excluding ortho intramolecular Hbond substituents is 1. The Labute approximate surface area is 210 Å². The Balaban J connectivity index is 1.51. The number of thiocarbonyl (C=S) groups is 1. The van der Waals surface area contributed by atoms with Crippen LogP contribution in [-0.4, -0.2) is 28.2 Å². The van der Waals surface area contributed by atoms with Gasteiger partial charge >= 0.3 is 0 Å². The predicted octanol–water partition coefficient (Wildman–Crippen LogP) is 6.02. The Kier molecular flexibility index (Phi) is 6.58. The van der Waals surface area contributed by atoms with Crippen molar-refractivity contribution >= 4 is 56.0 Å². The smallest absolute Gasteiger partial charge is 0.261 e. The number of aryl methyl sites for hydroxylation is 3. The van der Waals surface area contributed by atoms with Gasteiger partial charge in [0.25, 0.3) is 5.91 Å².